The Morgan fingerprint density at radius 2 is 2.15 bits per heavy atom. The predicted molar refractivity (Wildman–Crippen MR) is 82.8 cm³/mol. The topological polar surface area (TPSA) is 46.1 Å². The summed E-state index contributed by atoms with van der Waals surface area (Å²) in [7, 11) is 3.69. The van der Waals surface area contributed by atoms with Crippen LogP contribution in [0.4, 0.5) is 5.95 Å². The van der Waals surface area contributed by atoms with E-state index in [0.717, 1.165) is 30.2 Å². The van der Waals surface area contributed by atoms with Gasteiger partial charge in [0.05, 0.1) is 7.11 Å². The van der Waals surface area contributed by atoms with Crippen molar-refractivity contribution in [1.82, 2.24) is 14.8 Å². The number of aromatic amines is 1. The van der Waals surface area contributed by atoms with Crippen LogP contribution in [-0.4, -0.2) is 28.9 Å². The Morgan fingerprint density at radius 3 is 2.85 bits per heavy atom. The van der Waals surface area contributed by atoms with Gasteiger partial charge in [-0.15, -0.1) is 5.10 Å². The number of benzene rings is 1. The number of methoxy groups -OCH3 is 1. The molecule has 1 aromatic heterocycles. The van der Waals surface area contributed by atoms with Crippen molar-refractivity contribution in [2.24, 2.45) is 0 Å². The van der Waals surface area contributed by atoms with E-state index in [1.54, 1.807) is 7.11 Å². The molecule has 5 nitrogen and oxygen atoms in total. The molecule has 0 radical (unpaired) electrons. The van der Waals surface area contributed by atoms with Gasteiger partial charge in [-0.1, -0.05) is 25.1 Å². The highest BCUT2D eigenvalue weighted by Crippen LogP contribution is 2.21. The van der Waals surface area contributed by atoms with Gasteiger partial charge in [0.2, 0.25) is 5.95 Å². The Kier molecular flexibility index (Phi) is 4.79. The molecular formula is C14H20N4OS. The minimum Gasteiger partial charge on any atom is -0.496 e. The summed E-state index contributed by atoms with van der Waals surface area (Å²) < 4.78 is 8.06. The van der Waals surface area contributed by atoms with Crippen molar-refractivity contribution in [1.29, 1.82) is 0 Å². The van der Waals surface area contributed by atoms with E-state index in [9.17, 15) is 0 Å². The van der Waals surface area contributed by atoms with Crippen molar-refractivity contribution in [3.8, 4) is 5.75 Å². The highest BCUT2D eigenvalue weighted by Gasteiger charge is 2.12. The van der Waals surface area contributed by atoms with Crippen molar-refractivity contribution in [2.45, 2.75) is 26.4 Å². The highest BCUT2D eigenvalue weighted by atomic mass is 32.1. The van der Waals surface area contributed by atoms with Crippen LogP contribution in [0, 0.1) is 4.77 Å². The summed E-state index contributed by atoms with van der Waals surface area (Å²) >= 11 is 5.26. The Balaban J connectivity index is 2.24. The standard InChI is InChI=1S/C14H20N4OS/c1-4-9-18-13(15-16-14(18)20)17(2)10-11-7-5-6-8-12(11)19-3/h5-8H,4,9-10H2,1-3H3,(H,16,20). The summed E-state index contributed by atoms with van der Waals surface area (Å²) in [6.45, 7) is 3.70. The molecule has 20 heavy (non-hydrogen) atoms. The molecule has 2 rings (SSSR count). The third-order valence-electron chi connectivity index (χ3n) is 3.13. The van der Waals surface area contributed by atoms with E-state index in [1.165, 1.54) is 0 Å². The quantitative estimate of drug-likeness (QED) is 0.831. The lowest BCUT2D eigenvalue weighted by Crippen LogP contribution is -2.21. The fourth-order valence-corrected chi connectivity index (χ4v) is 2.40. The Hall–Kier alpha value is -1.82. The molecule has 1 heterocycles. The van der Waals surface area contributed by atoms with Crippen molar-refractivity contribution in [3.05, 3.63) is 34.6 Å². The van der Waals surface area contributed by atoms with Gasteiger partial charge in [0, 0.05) is 25.7 Å². The second-order valence-electron chi connectivity index (χ2n) is 4.65. The first-order chi connectivity index (χ1) is 9.67. The van der Waals surface area contributed by atoms with Crippen LogP contribution in [0.5, 0.6) is 5.75 Å². The number of anilines is 1. The lowest BCUT2D eigenvalue weighted by Gasteiger charge is -2.20. The Labute approximate surface area is 124 Å². The summed E-state index contributed by atoms with van der Waals surface area (Å²) in [5, 5.41) is 7.18. The predicted octanol–water partition coefficient (Wildman–Crippen LogP) is 3.00. The van der Waals surface area contributed by atoms with E-state index in [4.69, 9.17) is 17.0 Å². The van der Waals surface area contributed by atoms with Gasteiger partial charge in [0.25, 0.3) is 0 Å². The lowest BCUT2D eigenvalue weighted by atomic mass is 10.2. The zero-order chi connectivity index (χ0) is 14.5. The van der Waals surface area contributed by atoms with Crippen LogP contribution in [0.3, 0.4) is 0 Å². The fourth-order valence-electron chi connectivity index (χ4n) is 2.19. The largest absolute Gasteiger partial charge is 0.496 e. The molecule has 1 N–H and O–H groups in total. The van der Waals surface area contributed by atoms with E-state index in [-0.39, 0.29) is 0 Å². The van der Waals surface area contributed by atoms with Crippen molar-refractivity contribution in [2.75, 3.05) is 19.1 Å². The monoisotopic (exact) mass is 292 g/mol. The van der Waals surface area contributed by atoms with Crippen LogP contribution in [0.15, 0.2) is 24.3 Å². The number of nitrogens with one attached hydrogen (secondary N) is 1. The fraction of sp³-hybridized carbons (Fsp3) is 0.429. The molecular weight excluding hydrogens is 272 g/mol. The average Bonchev–Trinajstić information content (AvgIpc) is 2.81. The summed E-state index contributed by atoms with van der Waals surface area (Å²) in [5.74, 6) is 1.73. The molecule has 0 unspecified atom stereocenters. The van der Waals surface area contributed by atoms with Crippen molar-refractivity contribution in [3.63, 3.8) is 0 Å². The molecule has 2 aromatic rings. The molecule has 0 atom stereocenters. The van der Waals surface area contributed by atoms with Crippen LogP contribution in [0.1, 0.15) is 18.9 Å². The molecule has 0 aliphatic heterocycles. The van der Waals surface area contributed by atoms with Crippen molar-refractivity contribution >= 4 is 18.2 Å². The van der Waals surface area contributed by atoms with Crippen LogP contribution in [0.2, 0.25) is 0 Å². The summed E-state index contributed by atoms with van der Waals surface area (Å²) in [5.41, 5.74) is 1.12. The first kappa shape index (κ1) is 14.6. The maximum Gasteiger partial charge on any atom is 0.225 e. The number of para-hydroxylation sites is 1. The lowest BCUT2D eigenvalue weighted by molar-refractivity contribution is 0.409. The minimum absolute atomic E-state index is 0.661. The van der Waals surface area contributed by atoms with E-state index in [1.807, 2.05) is 29.8 Å². The summed E-state index contributed by atoms with van der Waals surface area (Å²) in [4.78, 5) is 2.07. The van der Waals surface area contributed by atoms with Crippen molar-refractivity contribution < 1.29 is 4.74 Å². The summed E-state index contributed by atoms with van der Waals surface area (Å²) in [6.07, 6.45) is 1.02. The normalized spacial score (nSPS) is 10.6. The zero-order valence-electron chi connectivity index (χ0n) is 12.1. The van der Waals surface area contributed by atoms with Gasteiger partial charge in [0.15, 0.2) is 4.77 Å². The molecule has 1 aromatic carbocycles. The summed E-state index contributed by atoms with van der Waals surface area (Å²) in [6, 6.07) is 8.00. The maximum atomic E-state index is 5.38. The third-order valence-corrected chi connectivity index (χ3v) is 3.44. The second kappa shape index (κ2) is 6.56. The van der Waals surface area contributed by atoms with Gasteiger partial charge in [-0.25, -0.2) is 5.10 Å². The molecule has 108 valence electrons. The van der Waals surface area contributed by atoms with Crippen LogP contribution >= 0.6 is 12.2 Å². The highest BCUT2D eigenvalue weighted by molar-refractivity contribution is 7.71. The van der Waals surface area contributed by atoms with E-state index < -0.39 is 0 Å². The SMILES string of the molecule is CCCn1c(N(C)Cc2ccccc2OC)n[nH]c1=S. The molecule has 0 bridgehead atoms. The van der Waals surface area contributed by atoms with Crippen LogP contribution < -0.4 is 9.64 Å². The van der Waals surface area contributed by atoms with Gasteiger partial charge in [-0.05, 0) is 24.7 Å². The van der Waals surface area contributed by atoms with E-state index >= 15 is 0 Å². The average molecular weight is 292 g/mol. The smallest absolute Gasteiger partial charge is 0.225 e. The maximum absolute atomic E-state index is 5.38. The van der Waals surface area contributed by atoms with Gasteiger partial charge in [-0.2, -0.15) is 0 Å². The number of rotatable bonds is 6. The number of ether oxygens (including phenoxy) is 1. The van der Waals surface area contributed by atoms with Crippen LogP contribution in [0.25, 0.3) is 0 Å². The Morgan fingerprint density at radius 1 is 1.40 bits per heavy atom. The molecule has 0 saturated carbocycles. The molecule has 0 aliphatic carbocycles. The molecule has 0 aliphatic rings. The second-order valence-corrected chi connectivity index (χ2v) is 5.04. The molecule has 6 heteroatoms. The first-order valence-corrected chi connectivity index (χ1v) is 7.06. The van der Waals surface area contributed by atoms with E-state index in [2.05, 4.69) is 28.1 Å². The van der Waals surface area contributed by atoms with E-state index in [0.29, 0.717) is 11.3 Å². The molecule has 0 fully saturated rings. The zero-order valence-corrected chi connectivity index (χ0v) is 12.9. The Bertz CT molecular complexity index is 620. The molecule has 0 amide bonds. The van der Waals surface area contributed by atoms with Gasteiger partial charge in [0.1, 0.15) is 5.75 Å². The number of hydrogen-bond donors (Lipinski definition) is 1. The molecule has 0 saturated heterocycles. The number of aromatic nitrogens is 3. The molecule has 0 spiro atoms. The third kappa shape index (κ3) is 3.01. The van der Waals surface area contributed by atoms with Gasteiger partial charge in [-0.3, -0.25) is 4.57 Å². The first-order valence-electron chi connectivity index (χ1n) is 6.65. The number of nitrogens with zero attached hydrogens (tertiary/aromatic N) is 3. The van der Waals surface area contributed by atoms with Gasteiger partial charge >= 0.3 is 0 Å². The van der Waals surface area contributed by atoms with Crippen LogP contribution in [-0.2, 0) is 13.1 Å². The number of H-pyrrole nitrogens is 1. The number of hydrogen-bond acceptors (Lipinski definition) is 4. The minimum atomic E-state index is 0.661. The van der Waals surface area contributed by atoms with Gasteiger partial charge < -0.3 is 9.64 Å².